The predicted molar refractivity (Wildman–Crippen MR) is 84.4 cm³/mol. The van der Waals surface area contributed by atoms with Gasteiger partial charge in [0.15, 0.2) is 0 Å². The average molecular weight is 301 g/mol. The van der Waals surface area contributed by atoms with Gasteiger partial charge in [-0.15, -0.1) is 0 Å². The monoisotopic (exact) mass is 300 g/mol. The van der Waals surface area contributed by atoms with Crippen molar-refractivity contribution in [1.29, 1.82) is 0 Å². The minimum absolute atomic E-state index is 0.590. The van der Waals surface area contributed by atoms with Gasteiger partial charge in [-0.05, 0) is 36.7 Å². The van der Waals surface area contributed by atoms with E-state index in [-0.39, 0.29) is 0 Å². The molecule has 0 radical (unpaired) electrons. The van der Waals surface area contributed by atoms with Gasteiger partial charge in [0.25, 0.3) is 0 Å². The van der Waals surface area contributed by atoms with Gasteiger partial charge in [-0.1, -0.05) is 18.5 Å². The second-order valence-electron chi connectivity index (χ2n) is 4.75. The highest BCUT2D eigenvalue weighted by atomic mass is 35.5. The first-order valence-electron chi connectivity index (χ1n) is 6.87. The van der Waals surface area contributed by atoms with Crippen molar-refractivity contribution in [3.8, 4) is 0 Å². The van der Waals surface area contributed by atoms with Crippen LogP contribution in [0.5, 0.6) is 0 Å². The molecule has 2 rings (SSSR count). The van der Waals surface area contributed by atoms with E-state index in [4.69, 9.17) is 11.6 Å². The van der Waals surface area contributed by atoms with E-state index in [0.717, 1.165) is 31.2 Å². The second kappa shape index (κ2) is 7.80. The van der Waals surface area contributed by atoms with Gasteiger partial charge in [-0.3, -0.25) is 0 Å². The Hall–Kier alpha value is -0.680. The van der Waals surface area contributed by atoms with Gasteiger partial charge in [-0.25, -0.2) is 4.98 Å². The number of nitrogens with zero attached hydrogens (tertiary/aromatic N) is 2. The number of nitrogens with one attached hydrogen (secondary N) is 2. The number of rotatable bonds is 6. The van der Waals surface area contributed by atoms with Crippen molar-refractivity contribution in [3.05, 3.63) is 11.2 Å². The molecule has 1 aromatic rings. The molecule has 1 aromatic heterocycles. The first-order valence-corrected chi connectivity index (χ1v) is 8.41. The SMILES string of the molecule is CCCNc1ncc(Cl)c(NCC2CCSCC2)n1. The lowest BCUT2D eigenvalue weighted by Gasteiger charge is -2.22. The van der Waals surface area contributed by atoms with Crippen molar-refractivity contribution in [1.82, 2.24) is 9.97 Å². The van der Waals surface area contributed by atoms with E-state index in [9.17, 15) is 0 Å². The van der Waals surface area contributed by atoms with Crippen LogP contribution in [0, 0.1) is 5.92 Å². The molecule has 0 atom stereocenters. The fourth-order valence-electron chi connectivity index (χ4n) is 2.00. The van der Waals surface area contributed by atoms with E-state index < -0.39 is 0 Å². The highest BCUT2D eigenvalue weighted by Crippen LogP contribution is 2.24. The zero-order valence-electron chi connectivity index (χ0n) is 11.3. The smallest absolute Gasteiger partial charge is 0.224 e. The Morgan fingerprint density at radius 1 is 1.37 bits per heavy atom. The molecule has 0 aliphatic carbocycles. The number of hydrogen-bond donors (Lipinski definition) is 2. The lowest BCUT2D eigenvalue weighted by atomic mass is 10.0. The number of aromatic nitrogens is 2. The van der Waals surface area contributed by atoms with E-state index in [2.05, 4.69) is 27.5 Å². The Balaban J connectivity index is 1.90. The van der Waals surface area contributed by atoms with E-state index in [1.165, 1.54) is 24.3 Å². The van der Waals surface area contributed by atoms with Crippen LogP contribution in [0.3, 0.4) is 0 Å². The maximum atomic E-state index is 6.13. The molecule has 2 N–H and O–H groups in total. The molecule has 4 nitrogen and oxygen atoms in total. The molecule has 19 heavy (non-hydrogen) atoms. The van der Waals surface area contributed by atoms with Gasteiger partial charge in [0.1, 0.15) is 10.8 Å². The third-order valence-corrected chi connectivity index (χ3v) is 4.50. The largest absolute Gasteiger partial charge is 0.368 e. The summed E-state index contributed by atoms with van der Waals surface area (Å²) in [7, 11) is 0. The third-order valence-electron chi connectivity index (χ3n) is 3.18. The number of thioether (sulfide) groups is 1. The van der Waals surface area contributed by atoms with Crippen LogP contribution in [0.4, 0.5) is 11.8 Å². The number of halogens is 1. The Labute approximate surface area is 124 Å². The fourth-order valence-corrected chi connectivity index (χ4v) is 3.37. The zero-order chi connectivity index (χ0) is 13.5. The van der Waals surface area contributed by atoms with Crippen LogP contribution in [0.15, 0.2) is 6.20 Å². The average Bonchev–Trinajstić information content (AvgIpc) is 2.46. The van der Waals surface area contributed by atoms with Crippen LogP contribution in [0.1, 0.15) is 26.2 Å². The summed E-state index contributed by atoms with van der Waals surface area (Å²) in [6, 6.07) is 0. The summed E-state index contributed by atoms with van der Waals surface area (Å²) >= 11 is 8.17. The molecular weight excluding hydrogens is 280 g/mol. The molecule has 0 bridgehead atoms. The molecule has 0 saturated carbocycles. The molecule has 2 heterocycles. The first-order chi connectivity index (χ1) is 9.29. The van der Waals surface area contributed by atoms with Crippen LogP contribution in [-0.2, 0) is 0 Å². The molecule has 0 spiro atoms. The van der Waals surface area contributed by atoms with Crippen molar-refractivity contribution < 1.29 is 0 Å². The lowest BCUT2D eigenvalue weighted by molar-refractivity contribution is 0.515. The van der Waals surface area contributed by atoms with Crippen molar-refractivity contribution in [2.75, 3.05) is 35.2 Å². The van der Waals surface area contributed by atoms with Crippen LogP contribution < -0.4 is 10.6 Å². The maximum Gasteiger partial charge on any atom is 0.224 e. The molecule has 1 aliphatic rings. The number of anilines is 2. The standard InChI is InChI=1S/C13H21ClN4S/c1-2-5-15-13-17-9-11(14)12(18-13)16-8-10-3-6-19-7-4-10/h9-10H,2-8H2,1H3,(H2,15,16,17,18). The van der Waals surface area contributed by atoms with Crippen molar-refractivity contribution in [2.24, 2.45) is 5.92 Å². The molecule has 106 valence electrons. The third kappa shape index (κ3) is 4.73. The minimum Gasteiger partial charge on any atom is -0.368 e. The normalized spacial score (nSPS) is 16.3. The van der Waals surface area contributed by atoms with E-state index >= 15 is 0 Å². The summed E-state index contributed by atoms with van der Waals surface area (Å²) in [5, 5.41) is 7.13. The lowest BCUT2D eigenvalue weighted by Crippen LogP contribution is -2.20. The molecule has 0 unspecified atom stereocenters. The van der Waals surface area contributed by atoms with E-state index in [1.54, 1.807) is 6.20 Å². The molecule has 6 heteroatoms. The molecule has 1 aliphatic heterocycles. The van der Waals surface area contributed by atoms with Gasteiger partial charge >= 0.3 is 0 Å². The Bertz CT molecular complexity index is 396. The van der Waals surface area contributed by atoms with Crippen LogP contribution in [-0.4, -0.2) is 34.6 Å². The Morgan fingerprint density at radius 3 is 2.89 bits per heavy atom. The van der Waals surface area contributed by atoms with Gasteiger partial charge in [-0.2, -0.15) is 16.7 Å². The number of hydrogen-bond acceptors (Lipinski definition) is 5. The fraction of sp³-hybridized carbons (Fsp3) is 0.692. The summed E-state index contributed by atoms with van der Waals surface area (Å²) in [6.07, 6.45) is 5.27. The van der Waals surface area contributed by atoms with Crippen molar-refractivity contribution in [2.45, 2.75) is 26.2 Å². The van der Waals surface area contributed by atoms with Crippen molar-refractivity contribution in [3.63, 3.8) is 0 Å². The van der Waals surface area contributed by atoms with Crippen LogP contribution in [0.2, 0.25) is 5.02 Å². The highest BCUT2D eigenvalue weighted by Gasteiger charge is 2.14. The summed E-state index contributed by atoms with van der Waals surface area (Å²) in [4.78, 5) is 8.60. The topological polar surface area (TPSA) is 49.8 Å². The minimum atomic E-state index is 0.590. The molecule has 0 amide bonds. The Kier molecular flexibility index (Phi) is 6.04. The molecule has 1 saturated heterocycles. The van der Waals surface area contributed by atoms with Crippen LogP contribution in [0.25, 0.3) is 0 Å². The quantitative estimate of drug-likeness (QED) is 0.842. The molecule has 1 fully saturated rings. The zero-order valence-corrected chi connectivity index (χ0v) is 12.9. The molecular formula is C13H21ClN4S. The second-order valence-corrected chi connectivity index (χ2v) is 6.39. The van der Waals surface area contributed by atoms with E-state index in [1.807, 2.05) is 11.8 Å². The van der Waals surface area contributed by atoms with Gasteiger partial charge in [0.2, 0.25) is 5.95 Å². The van der Waals surface area contributed by atoms with Gasteiger partial charge < -0.3 is 10.6 Å². The highest BCUT2D eigenvalue weighted by molar-refractivity contribution is 7.99. The summed E-state index contributed by atoms with van der Waals surface area (Å²) in [5.74, 6) is 4.67. The van der Waals surface area contributed by atoms with Gasteiger partial charge in [0.05, 0.1) is 6.20 Å². The first kappa shape index (κ1) is 14.7. The van der Waals surface area contributed by atoms with Gasteiger partial charge in [0, 0.05) is 13.1 Å². The predicted octanol–water partition coefficient (Wildman–Crippen LogP) is 3.51. The summed E-state index contributed by atoms with van der Waals surface area (Å²) < 4.78 is 0. The summed E-state index contributed by atoms with van der Waals surface area (Å²) in [6.45, 7) is 3.94. The Morgan fingerprint density at radius 2 is 2.16 bits per heavy atom. The summed E-state index contributed by atoms with van der Waals surface area (Å²) in [5.41, 5.74) is 0. The van der Waals surface area contributed by atoms with Crippen molar-refractivity contribution >= 4 is 35.1 Å². The molecule has 0 aromatic carbocycles. The maximum absolute atomic E-state index is 6.13. The van der Waals surface area contributed by atoms with E-state index in [0.29, 0.717) is 11.0 Å². The van der Waals surface area contributed by atoms with Crippen LogP contribution >= 0.6 is 23.4 Å².